The number of carbonyl (C=O) groups is 1. The number of aliphatic hydroxyl groups is 1. The molecule has 0 saturated carbocycles. The maximum absolute atomic E-state index is 10.5. The number of hydrogen-bond donors (Lipinski definition) is 1. The lowest BCUT2D eigenvalue weighted by molar-refractivity contribution is 0.112. The summed E-state index contributed by atoms with van der Waals surface area (Å²) in [6.45, 7) is 0.0518. The van der Waals surface area contributed by atoms with Gasteiger partial charge in [-0.3, -0.25) is 4.79 Å². The molecule has 0 aromatic heterocycles. The molecule has 0 radical (unpaired) electrons. The molecule has 66 valence electrons. The largest absolute Gasteiger partial charge is 0.395 e. The SMILES string of the molecule is O=Cc1ccccc1C#CCCO. The first-order valence-electron chi connectivity index (χ1n) is 4.02. The zero-order valence-corrected chi connectivity index (χ0v) is 7.16. The monoisotopic (exact) mass is 174 g/mol. The van der Waals surface area contributed by atoms with Gasteiger partial charge in [0, 0.05) is 17.5 Å². The molecule has 2 heteroatoms. The molecule has 0 heterocycles. The molecule has 0 aliphatic heterocycles. The van der Waals surface area contributed by atoms with Crippen molar-refractivity contribution in [3.05, 3.63) is 35.4 Å². The second-order valence-corrected chi connectivity index (χ2v) is 2.48. The van der Waals surface area contributed by atoms with E-state index in [1.54, 1.807) is 18.2 Å². The van der Waals surface area contributed by atoms with Crippen molar-refractivity contribution in [1.82, 2.24) is 0 Å². The first kappa shape index (κ1) is 9.50. The smallest absolute Gasteiger partial charge is 0.151 e. The summed E-state index contributed by atoms with van der Waals surface area (Å²) in [6.07, 6.45) is 1.22. The van der Waals surface area contributed by atoms with E-state index in [9.17, 15) is 4.79 Å². The molecule has 13 heavy (non-hydrogen) atoms. The summed E-state index contributed by atoms with van der Waals surface area (Å²) in [5.41, 5.74) is 1.30. The van der Waals surface area contributed by atoms with Gasteiger partial charge in [0.1, 0.15) is 0 Å². The molecule has 0 saturated heterocycles. The Bertz CT molecular complexity index is 345. The fourth-order valence-electron chi connectivity index (χ4n) is 0.927. The molecule has 0 bridgehead atoms. The van der Waals surface area contributed by atoms with Crippen LogP contribution in [0.15, 0.2) is 24.3 Å². The van der Waals surface area contributed by atoms with Gasteiger partial charge in [0.05, 0.1) is 6.61 Å². The average Bonchev–Trinajstić information content (AvgIpc) is 2.19. The van der Waals surface area contributed by atoms with Crippen LogP contribution in [-0.4, -0.2) is 18.0 Å². The first-order chi connectivity index (χ1) is 6.38. The minimum Gasteiger partial charge on any atom is -0.395 e. The minimum absolute atomic E-state index is 0.0518. The summed E-state index contributed by atoms with van der Waals surface area (Å²) in [7, 11) is 0. The van der Waals surface area contributed by atoms with Crippen LogP contribution in [0.25, 0.3) is 0 Å². The zero-order valence-electron chi connectivity index (χ0n) is 7.16. The lowest BCUT2D eigenvalue weighted by Crippen LogP contribution is -1.85. The van der Waals surface area contributed by atoms with Crippen LogP contribution in [0, 0.1) is 11.8 Å². The molecule has 0 amide bonds. The van der Waals surface area contributed by atoms with Gasteiger partial charge in [-0.15, -0.1) is 0 Å². The molecule has 0 aliphatic rings. The molecule has 0 spiro atoms. The van der Waals surface area contributed by atoms with Crippen LogP contribution in [0.3, 0.4) is 0 Å². The summed E-state index contributed by atoms with van der Waals surface area (Å²) < 4.78 is 0. The van der Waals surface area contributed by atoms with E-state index in [-0.39, 0.29) is 6.61 Å². The van der Waals surface area contributed by atoms with Crippen molar-refractivity contribution in [2.24, 2.45) is 0 Å². The fourth-order valence-corrected chi connectivity index (χ4v) is 0.927. The topological polar surface area (TPSA) is 37.3 Å². The Hall–Kier alpha value is -1.59. The molecule has 1 aromatic carbocycles. The van der Waals surface area contributed by atoms with Crippen molar-refractivity contribution in [1.29, 1.82) is 0 Å². The van der Waals surface area contributed by atoms with Crippen molar-refractivity contribution in [3.63, 3.8) is 0 Å². The number of benzene rings is 1. The van der Waals surface area contributed by atoms with Crippen molar-refractivity contribution < 1.29 is 9.90 Å². The van der Waals surface area contributed by atoms with Crippen LogP contribution >= 0.6 is 0 Å². The molecule has 0 unspecified atom stereocenters. The van der Waals surface area contributed by atoms with Crippen molar-refractivity contribution in [2.75, 3.05) is 6.61 Å². The summed E-state index contributed by atoms with van der Waals surface area (Å²) in [6, 6.07) is 7.13. The predicted molar refractivity (Wildman–Crippen MR) is 50.4 cm³/mol. The Labute approximate surface area is 77.2 Å². The van der Waals surface area contributed by atoms with Gasteiger partial charge in [-0.2, -0.15) is 0 Å². The summed E-state index contributed by atoms with van der Waals surface area (Å²) in [5, 5.41) is 8.50. The highest BCUT2D eigenvalue weighted by atomic mass is 16.2. The Morgan fingerprint density at radius 1 is 1.38 bits per heavy atom. The number of aldehydes is 1. The van der Waals surface area contributed by atoms with Crippen LogP contribution in [0.5, 0.6) is 0 Å². The lowest BCUT2D eigenvalue weighted by Gasteiger charge is -1.93. The summed E-state index contributed by atoms with van der Waals surface area (Å²) >= 11 is 0. The quantitative estimate of drug-likeness (QED) is 0.541. The van der Waals surface area contributed by atoms with E-state index in [0.29, 0.717) is 17.5 Å². The van der Waals surface area contributed by atoms with Gasteiger partial charge in [0.25, 0.3) is 0 Å². The highest BCUT2D eigenvalue weighted by molar-refractivity contribution is 5.79. The molecular weight excluding hydrogens is 164 g/mol. The first-order valence-corrected chi connectivity index (χ1v) is 4.02. The molecule has 1 rings (SSSR count). The van der Waals surface area contributed by atoms with Crippen LogP contribution in [0.2, 0.25) is 0 Å². The van der Waals surface area contributed by atoms with E-state index in [1.807, 2.05) is 6.07 Å². The number of aliphatic hydroxyl groups excluding tert-OH is 1. The highest BCUT2D eigenvalue weighted by Gasteiger charge is 1.94. The second-order valence-electron chi connectivity index (χ2n) is 2.48. The molecule has 0 aliphatic carbocycles. The third-order valence-electron chi connectivity index (χ3n) is 1.55. The average molecular weight is 174 g/mol. The van der Waals surface area contributed by atoms with E-state index in [4.69, 9.17) is 5.11 Å². The van der Waals surface area contributed by atoms with Gasteiger partial charge in [-0.1, -0.05) is 30.0 Å². The van der Waals surface area contributed by atoms with Gasteiger partial charge >= 0.3 is 0 Å². The normalized spacial score (nSPS) is 8.69. The van der Waals surface area contributed by atoms with E-state index in [0.717, 1.165) is 6.29 Å². The zero-order chi connectivity index (χ0) is 9.52. The predicted octanol–water partition coefficient (Wildman–Crippen LogP) is 1.23. The Kier molecular flexibility index (Phi) is 3.74. The highest BCUT2D eigenvalue weighted by Crippen LogP contribution is 2.03. The van der Waals surface area contributed by atoms with E-state index >= 15 is 0 Å². The Balaban J connectivity index is 2.88. The van der Waals surface area contributed by atoms with Crippen LogP contribution < -0.4 is 0 Å². The molecule has 0 atom stereocenters. The number of rotatable bonds is 2. The Morgan fingerprint density at radius 3 is 2.85 bits per heavy atom. The van der Waals surface area contributed by atoms with Gasteiger partial charge in [-0.05, 0) is 6.07 Å². The van der Waals surface area contributed by atoms with E-state index < -0.39 is 0 Å². The van der Waals surface area contributed by atoms with Gasteiger partial charge in [-0.25, -0.2) is 0 Å². The van der Waals surface area contributed by atoms with Crippen molar-refractivity contribution in [2.45, 2.75) is 6.42 Å². The lowest BCUT2D eigenvalue weighted by atomic mass is 10.1. The second kappa shape index (κ2) is 5.13. The maximum atomic E-state index is 10.5. The van der Waals surface area contributed by atoms with Crippen LogP contribution in [0.4, 0.5) is 0 Å². The number of hydrogen-bond acceptors (Lipinski definition) is 2. The Morgan fingerprint density at radius 2 is 2.15 bits per heavy atom. The summed E-state index contributed by atoms with van der Waals surface area (Å²) in [5.74, 6) is 5.59. The molecular formula is C11H10O2. The van der Waals surface area contributed by atoms with Crippen LogP contribution in [0.1, 0.15) is 22.3 Å². The maximum Gasteiger partial charge on any atom is 0.151 e. The van der Waals surface area contributed by atoms with E-state index in [1.165, 1.54) is 0 Å². The third-order valence-corrected chi connectivity index (χ3v) is 1.55. The van der Waals surface area contributed by atoms with Crippen molar-refractivity contribution in [3.8, 4) is 11.8 Å². The third kappa shape index (κ3) is 2.73. The van der Waals surface area contributed by atoms with Gasteiger partial charge in [0.2, 0.25) is 0 Å². The fraction of sp³-hybridized carbons (Fsp3) is 0.182. The standard InChI is InChI=1S/C11H10O2/c12-8-4-3-6-10-5-1-2-7-11(10)9-13/h1-2,5,7,9,12H,4,8H2. The minimum atomic E-state index is 0.0518. The van der Waals surface area contributed by atoms with Crippen molar-refractivity contribution >= 4 is 6.29 Å². The molecule has 2 nitrogen and oxygen atoms in total. The van der Waals surface area contributed by atoms with Gasteiger partial charge < -0.3 is 5.11 Å². The summed E-state index contributed by atoms with van der Waals surface area (Å²) in [4.78, 5) is 10.5. The molecule has 0 fully saturated rings. The molecule has 1 N–H and O–H groups in total. The number of carbonyl (C=O) groups excluding carboxylic acids is 1. The van der Waals surface area contributed by atoms with Gasteiger partial charge in [0.15, 0.2) is 6.29 Å². The van der Waals surface area contributed by atoms with Crippen LogP contribution in [-0.2, 0) is 0 Å². The molecule has 1 aromatic rings. The van der Waals surface area contributed by atoms with E-state index in [2.05, 4.69) is 11.8 Å².